The molecule has 0 aromatic heterocycles. The summed E-state index contributed by atoms with van der Waals surface area (Å²) in [5.74, 6) is -1.18. The van der Waals surface area contributed by atoms with Crippen molar-refractivity contribution in [3.05, 3.63) is 59.9 Å². The van der Waals surface area contributed by atoms with Crippen molar-refractivity contribution in [1.29, 1.82) is 0 Å². The number of rotatable bonds is 2. The first kappa shape index (κ1) is 14.0. The van der Waals surface area contributed by atoms with Gasteiger partial charge in [0.1, 0.15) is 5.82 Å². The van der Waals surface area contributed by atoms with Crippen molar-refractivity contribution >= 4 is 29.7 Å². The second-order valence-electron chi connectivity index (χ2n) is 3.52. The van der Waals surface area contributed by atoms with Crippen LogP contribution in [0, 0.1) is 5.82 Å². The molecule has 94 valence electrons. The SMILES string of the molecule is Cl.Nc1cccc(F)c1C(=O)Nc1ccccc1. The molecule has 0 fully saturated rings. The summed E-state index contributed by atoms with van der Waals surface area (Å²) in [6.07, 6.45) is 0. The van der Waals surface area contributed by atoms with Gasteiger partial charge in [-0.3, -0.25) is 4.79 Å². The van der Waals surface area contributed by atoms with Crippen molar-refractivity contribution in [3.8, 4) is 0 Å². The number of halogens is 2. The van der Waals surface area contributed by atoms with E-state index in [4.69, 9.17) is 5.73 Å². The Labute approximate surface area is 110 Å². The number of nitrogens with one attached hydrogen (secondary N) is 1. The van der Waals surface area contributed by atoms with Gasteiger partial charge < -0.3 is 11.1 Å². The van der Waals surface area contributed by atoms with Gasteiger partial charge in [0.25, 0.3) is 5.91 Å². The van der Waals surface area contributed by atoms with Crippen molar-refractivity contribution in [1.82, 2.24) is 0 Å². The second kappa shape index (κ2) is 6.02. The maximum absolute atomic E-state index is 13.5. The number of carbonyl (C=O) groups excluding carboxylic acids is 1. The molecule has 0 saturated carbocycles. The molecule has 0 aliphatic rings. The molecule has 0 spiro atoms. The first-order valence-corrected chi connectivity index (χ1v) is 5.09. The molecule has 0 radical (unpaired) electrons. The Morgan fingerprint density at radius 2 is 1.72 bits per heavy atom. The van der Waals surface area contributed by atoms with Gasteiger partial charge in [-0.1, -0.05) is 24.3 Å². The summed E-state index contributed by atoms with van der Waals surface area (Å²) in [4.78, 5) is 11.8. The van der Waals surface area contributed by atoms with Crippen molar-refractivity contribution in [3.63, 3.8) is 0 Å². The Balaban J connectivity index is 0.00000162. The van der Waals surface area contributed by atoms with Gasteiger partial charge in [-0.2, -0.15) is 0 Å². The van der Waals surface area contributed by atoms with E-state index in [0.717, 1.165) is 0 Å². The number of benzene rings is 2. The van der Waals surface area contributed by atoms with E-state index in [1.807, 2.05) is 6.07 Å². The molecule has 18 heavy (non-hydrogen) atoms. The highest BCUT2D eigenvalue weighted by atomic mass is 35.5. The largest absolute Gasteiger partial charge is 0.398 e. The van der Waals surface area contributed by atoms with Crippen LogP contribution >= 0.6 is 12.4 Å². The van der Waals surface area contributed by atoms with Gasteiger partial charge in [-0.25, -0.2) is 4.39 Å². The minimum Gasteiger partial charge on any atom is -0.398 e. The van der Waals surface area contributed by atoms with Crippen LogP contribution in [0.4, 0.5) is 15.8 Å². The van der Waals surface area contributed by atoms with Crippen LogP contribution in [0.1, 0.15) is 10.4 Å². The maximum Gasteiger partial charge on any atom is 0.260 e. The zero-order valence-corrected chi connectivity index (χ0v) is 10.2. The highest BCUT2D eigenvalue weighted by Crippen LogP contribution is 2.17. The van der Waals surface area contributed by atoms with Gasteiger partial charge in [0.05, 0.1) is 5.56 Å². The summed E-state index contributed by atoms with van der Waals surface area (Å²) in [6, 6.07) is 13.0. The van der Waals surface area contributed by atoms with Gasteiger partial charge in [0.2, 0.25) is 0 Å². The normalized spacial score (nSPS) is 9.39. The summed E-state index contributed by atoms with van der Waals surface area (Å²) in [7, 11) is 0. The summed E-state index contributed by atoms with van der Waals surface area (Å²) >= 11 is 0. The van der Waals surface area contributed by atoms with Gasteiger partial charge in [0, 0.05) is 11.4 Å². The minimum atomic E-state index is -0.626. The van der Waals surface area contributed by atoms with E-state index in [-0.39, 0.29) is 23.7 Å². The van der Waals surface area contributed by atoms with Gasteiger partial charge >= 0.3 is 0 Å². The molecule has 3 N–H and O–H groups in total. The maximum atomic E-state index is 13.5. The van der Waals surface area contributed by atoms with E-state index in [0.29, 0.717) is 5.69 Å². The average molecular weight is 267 g/mol. The number of anilines is 2. The highest BCUT2D eigenvalue weighted by molar-refractivity contribution is 6.07. The monoisotopic (exact) mass is 266 g/mol. The van der Waals surface area contributed by atoms with E-state index >= 15 is 0 Å². The molecular weight excluding hydrogens is 255 g/mol. The van der Waals surface area contributed by atoms with Gasteiger partial charge in [-0.05, 0) is 24.3 Å². The van der Waals surface area contributed by atoms with Crippen LogP contribution in [-0.2, 0) is 0 Å². The molecule has 2 rings (SSSR count). The smallest absolute Gasteiger partial charge is 0.260 e. The molecule has 0 aliphatic heterocycles. The predicted octanol–water partition coefficient (Wildman–Crippen LogP) is 3.08. The van der Waals surface area contributed by atoms with Crippen LogP contribution in [0.5, 0.6) is 0 Å². The van der Waals surface area contributed by atoms with Crippen LogP contribution in [0.2, 0.25) is 0 Å². The van der Waals surface area contributed by atoms with Crippen LogP contribution < -0.4 is 11.1 Å². The lowest BCUT2D eigenvalue weighted by molar-refractivity contribution is 0.102. The molecule has 1 amide bonds. The fourth-order valence-corrected chi connectivity index (χ4v) is 1.50. The Hall–Kier alpha value is -2.07. The molecular formula is C13H12ClFN2O. The third kappa shape index (κ3) is 2.99. The van der Waals surface area contributed by atoms with Crippen LogP contribution in [0.25, 0.3) is 0 Å². The number of para-hydroxylation sites is 1. The molecule has 2 aromatic carbocycles. The number of hydrogen-bond acceptors (Lipinski definition) is 2. The van der Waals surface area contributed by atoms with Crippen LogP contribution in [-0.4, -0.2) is 5.91 Å². The van der Waals surface area contributed by atoms with Gasteiger partial charge in [0.15, 0.2) is 0 Å². The summed E-state index contributed by atoms with van der Waals surface area (Å²) in [5, 5.41) is 2.58. The Morgan fingerprint density at radius 3 is 2.33 bits per heavy atom. The van der Waals surface area contributed by atoms with Crippen molar-refractivity contribution in [2.75, 3.05) is 11.1 Å². The molecule has 3 nitrogen and oxygen atoms in total. The number of hydrogen-bond donors (Lipinski definition) is 2. The molecule has 0 saturated heterocycles. The number of nitrogen functional groups attached to an aromatic ring is 1. The summed E-state index contributed by atoms with van der Waals surface area (Å²) in [6.45, 7) is 0. The lowest BCUT2D eigenvalue weighted by Gasteiger charge is -2.08. The van der Waals surface area contributed by atoms with E-state index in [2.05, 4.69) is 5.32 Å². The summed E-state index contributed by atoms with van der Waals surface area (Å²) in [5.41, 5.74) is 6.17. The van der Waals surface area contributed by atoms with Gasteiger partial charge in [-0.15, -0.1) is 12.4 Å². The average Bonchev–Trinajstić information content (AvgIpc) is 2.30. The highest BCUT2D eigenvalue weighted by Gasteiger charge is 2.14. The van der Waals surface area contributed by atoms with Crippen molar-refractivity contribution in [2.45, 2.75) is 0 Å². The third-order valence-corrected chi connectivity index (χ3v) is 2.30. The molecule has 2 aromatic rings. The molecule has 0 unspecified atom stereocenters. The third-order valence-electron chi connectivity index (χ3n) is 2.30. The van der Waals surface area contributed by atoms with Crippen molar-refractivity contribution in [2.24, 2.45) is 0 Å². The molecule has 0 heterocycles. The number of carbonyl (C=O) groups is 1. The molecule has 0 aliphatic carbocycles. The zero-order chi connectivity index (χ0) is 12.3. The van der Waals surface area contributed by atoms with Crippen molar-refractivity contribution < 1.29 is 9.18 Å². The Kier molecular flexibility index (Phi) is 4.68. The predicted molar refractivity (Wildman–Crippen MR) is 72.5 cm³/mol. The van der Waals surface area contributed by atoms with Crippen LogP contribution in [0.15, 0.2) is 48.5 Å². The molecule has 0 bridgehead atoms. The first-order chi connectivity index (χ1) is 8.18. The lowest BCUT2D eigenvalue weighted by Crippen LogP contribution is -2.15. The number of amides is 1. The van der Waals surface area contributed by atoms with E-state index in [1.54, 1.807) is 24.3 Å². The quantitative estimate of drug-likeness (QED) is 0.821. The van der Waals surface area contributed by atoms with E-state index in [1.165, 1.54) is 18.2 Å². The fourth-order valence-electron chi connectivity index (χ4n) is 1.50. The lowest BCUT2D eigenvalue weighted by atomic mass is 10.1. The topological polar surface area (TPSA) is 55.1 Å². The number of nitrogens with two attached hydrogens (primary N) is 1. The second-order valence-corrected chi connectivity index (χ2v) is 3.52. The Morgan fingerprint density at radius 1 is 1.06 bits per heavy atom. The Bertz CT molecular complexity index is 526. The summed E-state index contributed by atoms with van der Waals surface area (Å²) < 4.78 is 13.5. The van der Waals surface area contributed by atoms with E-state index in [9.17, 15) is 9.18 Å². The fraction of sp³-hybridized carbons (Fsp3) is 0. The van der Waals surface area contributed by atoms with E-state index < -0.39 is 11.7 Å². The minimum absolute atomic E-state index is 0. The standard InChI is InChI=1S/C13H11FN2O.ClH/c14-10-7-4-8-11(15)12(10)13(17)16-9-5-2-1-3-6-9;/h1-8H,15H2,(H,16,17);1H. The molecule has 0 atom stereocenters. The first-order valence-electron chi connectivity index (χ1n) is 5.09. The zero-order valence-electron chi connectivity index (χ0n) is 9.39. The molecule has 5 heteroatoms. The van der Waals surface area contributed by atoms with Crippen LogP contribution in [0.3, 0.4) is 0 Å².